The van der Waals surface area contributed by atoms with Crippen molar-refractivity contribution in [3.05, 3.63) is 11.9 Å². The summed E-state index contributed by atoms with van der Waals surface area (Å²) < 4.78 is 2.06. The van der Waals surface area contributed by atoms with Crippen molar-refractivity contribution in [3.8, 4) is 0 Å². The lowest BCUT2D eigenvalue weighted by Gasteiger charge is -2.13. The van der Waals surface area contributed by atoms with Crippen LogP contribution < -0.4 is 5.73 Å². The standard InChI is InChI=1S/C10H19N3S/c1-4-14-6-5-9(3)13-7-8(2)12-10(13)11/h7,9H,4-6H2,1-3H3,(H2,11,12). The maximum Gasteiger partial charge on any atom is 0.200 e. The van der Waals surface area contributed by atoms with Crippen LogP contribution in [0, 0.1) is 6.92 Å². The molecule has 0 aliphatic rings. The van der Waals surface area contributed by atoms with E-state index in [0.29, 0.717) is 12.0 Å². The third kappa shape index (κ3) is 2.94. The van der Waals surface area contributed by atoms with Gasteiger partial charge in [0.2, 0.25) is 5.95 Å². The minimum absolute atomic E-state index is 0.454. The van der Waals surface area contributed by atoms with E-state index in [1.54, 1.807) is 0 Å². The van der Waals surface area contributed by atoms with Gasteiger partial charge in [-0.3, -0.25) is 0 Å². The summed E-state index contributed by atoms with van der Waals surface area (Å²) in [6.07, 6.45) is 3.18. The molecular formula is C10H19N3S. The van der Waals surface area contributed by atoms with Crippen LogP contribution in [-0.4, -0.2) is 21.1 Å². The number of thioether (sulfide) groups is 1. The highest BCUT2D eigenvalue weighted by Crippen LogP contribution is 2.18. The highest BCUT2D eigenvalue weighted by molar-refractivity contribution is 7.99. The molecule has 0 aliphatic carbocycles. The molecule has 2 N–H and O–H groups in total. The number of hydrogen-bond acceptors (Lipinski definition) is 3. The second kappa shape index (κ2) is 5.29. The number of nitrogens with two attached hydrogens (primary N) is 1. The molecule has 0 aliphatic heterocycles. The molecule has 1 heterocycles. The van der Waals surface area contributed by atoms with Crippen molar-refractivity contribution in [2.24, 2.45) is 0 Å². The molecule has 1 aromatic heterocycles. The third-order valence-electron chi connectivity index (χ3n) is 2.24. The fraction of sp³-hybridized carbons (Fsp3) is 0.700. The Kier molecular flexibility index (Phi) is 4.32. The fourth-order valence-electron chi connectivity index (χ4n) is 1.43. The van der Waals surface area contributed by atoms with Crippen molar-refractivity contribution in [2.45, 2.75) is 33.2 Å². The molecule has 0 saturated carbocycles. The first-order valence-corrected chi connectivity index (χ1v) is 6.19. The van der Waals surface area contributed by atoms with E-state index >= 15 is 0 Å². The average molecular weight is 213 g/mol. The minimum atomic E-state index is 0.454. The van der Waals surface area contributed by atoms with Crippen molar-refractivity contribution in [3.63, 3.8) is 0 Å². The molecule has 14 heavy (non-hydrogen) atoms. The van der Waals surface area contributed by atoms with Crippen LogP contribution in [0.2, 0.25) is 0 Å². The number of aryl methyl sites for hydroxylation is 1. The van der Waals surface area contributed by atoms with Crippen molar-refractivity contribution < 1.29 is 0 Å². The molecule has 0 spiro atoms. The van der Waals surface area contributed by atoms with Crippen molar-refractivity contribution >= 4 is 17.7 Å². The molecule has 0 amide bonds. The number of imidazole rings is 1. The van der Waals surface area contributed by atoms with Crippen LogP contribution in [0.3, 0.4) is 0 Å². The zero-order chi connectivity index (χ0) is 10.6. The summed E-state index contributed by atoms with van der Waals surface area (Å²) >= 11 is 1.97. The summed E-state index contributed by atoms with van der Waals surface area (Å²) in [5, 5.41) is 0. The summed E-state index contributed by atoms with van der Waals surface area (Å²) in [5.74, 6) is 3.01. The first-order chi connectivity index (χ1) is 6.65. The molecule has 0 fully saturated rings. The van der Waals surface area contributed by atoms with Crippen molar-refractivity contribution in [1.29, 1.82) is 0 Å². The molecule has 0 bridgehead atoms. The number of anilines is 1. The van der Waals surface area contributed by atoms with Gasteiger partial charge >= 0.3 is 0 Å². The SMILES string of the molecule is CCSCCC(C)n1cc(C)nc1N. The predicted molar refractivity (Wildman–Crippen MR) is 63.7 cm³/mol. The van der Waals surface area contributed by atoms with Gasteiger partial charge in [-0.2, -0.15) is 11.8 Å². The molecule has 3 nitrogen and oxygen atoms in total. The van der Waals surface area contributed by atoms with Crippen LogP contribution in [0.1, 0.15) is 32.0 Å². The smallest absolute Gasteiger partial charge is 0.200 e. The van der Waals surface area contributed by atoms with Crippen molar-refractivity contribution in [1.82, 2.24) is 9.55 Å². The molecule has 0 aromatic carbocycles. The Bertz CT molecular complexity index is 283. The van der Waals surface area contributed by atoms with Gasteiger partial charge in [-0.1, -0.05) is 6.92 Å². The Morgan fingerprint density at radius 1 is 1.64 bits per heavy atom. The van der Waals surface area contributed by atoms with E-state index in [-0.39, 0.29) is 0 Å². The highest BCUT2D eigenvalue weighted by atomic mass is 32.2. The van der Waals surface area contributed by atoms with Gasteiger partial charge in [0.25, 0.3) is 0 Å². The van der Waals surface area contributed by atoms with E-state index in [2.05, 4.69) is 23.4 Å². The van der Waals surface area contributed by atoms with E-state index in [1.165, 1.54) is 11.5 Å². The lowest BCUT2D eigenvalue weighted by molar-refractivity contribution is 0.541. The molecule has 0 radical (unpaired) electrons. The summed E-state index contributed by atoms with van der Waals surface area (Å²) in [5.41, 5.74) is 6.79. The van der Waals surface area contributed by atoms with Crippen LogP contribution in [-0.2, 0) is 0 Å². The van der Waals surface area contributed by atoms with Gasteiger partial charge in [-0.25, -0.2) is 4.98 Å². The molecule has 1 aromatic rings. The second-order valence-electron chi connectivity index (χ2n) is 3.48. The quantitative estimate of drug-likeness (QED) is 0.764. The number of aromatic nitrogens is 2. The lowest BCUT2D eigenvalue weighted by atomic mass is 10.2. The number of hydrogen-bond donors (Lipinski definition) is 1. The van der Waals surface area contributed by atoms with Gasteiger partial charge in [0.15, 0.2) is 0 Å². The van der Waals surface area contributed by atoms with Crippen LogP contribution in [0.15, 0.2) is 6.20 Å². The maximum atomic E-state index is 5.79. The number of nitrogens with zero attached hydrogens (tertiary/aromatic N) is 2. The zero-order valence-electron chi connectivity index (χ0n) is 9.16. The normalized spacial score (nSPS) is 13.1. The first-order valence-electron chi connectivity index (χ1n) is 5.03. The average Bonchev–Trinajstić information content (AvgIpc) is 2.45. The van der Waals surface area contributed by atoms with Crippen molar-refractivity contribution in [2.75, 3.05) is 17.2 Å². The van der Waals surface area contributed by atoms with E-state index in [9.17, 15) is 0 Å². The Hall–Kier alpha value is -0.640. The van der Waals surface area contributed by atoms with Gasteiger partial charge in [0.1, 0.15) is 0 Å². The Labute approximate surface area is 90.1 Å². The molecule has 0 saturated heterocycles. The molecule has 80 valence electrons. The summed E-state index contributed by atoms with van der Waals surface area (Å²) in [6.45, 7) is 6.35. The maximum absolute atomic E-state index is 5.79. The molecule has 1 unspecified atom stereocenters. The molecule has 1 rings (SSSR count). The third-order valence-corrected chi connectivity index (χ3v) is 3.17. The summed E-state index contributed by atoms with van der Waals surface area (Å²) in [4.78, 5) is 4.19. The number of rotatable bonds is 5. The minimum Gasteiger partial charge on any atom is -0.369 e. The predicted octanol–water partition coefficient (Wildman–Crippen LogP) is 2.48. The summed E-state index contributed by atoms with van der Waals surface area (Å²) in [6, 6.07) is 0.454. The van der Waals surface area contributed by atoms with E-state index in [1.807, 2.05) is 24.9 Å². The largest absolute Gasteiger partial charge is 0.369 e. The van der Waals surface area contributed by atoms with Crippen LogP contribution in [0.5, 0.6) is 0 Å². The first kappa shape index (κ1) is 11.4. The molecular weight excluding hydrogens is 194 g/mol. The van der Waals surface area contributed by atoms with E-state index in [0.717, 1.165) is 12.1 Å². The Morgan fingerprint density at radius 2 is 2.36 bits per heavy atom. The molecule has 1 atom stereocenters. The van der Waals surface area contributed by atoms with E-state index in [4.69, 9.17) is 5.73 Å². The van der Waals surface area contributed by atoms with Gasteiger partial charge in [0.05, 0.1) is 5.69 Å². The van der Waals surface area contributed by atoms with Crippen LogP contribution in [0.4, 0.5) is 5.95 Å². The monoisotopic (exact) mass is 213 g/mol. The lowest BCUT2D eigenvalue weighted by Crippen LogP contribution is -2.08. The van der Waals surface area contributed by atoms with Gasteiger partial charge in [-0.15, -0.1) is 0 Å². The Balaban J connectivity index is 2.51. The van der Waals surface area contributed by atoms with Gasteiger partial charge < -0.3 is 10.3 Å². The number of nitrogen functional groups attached to an aromatic ring is 1. The Morgan fingerprint density at radius 3 is 2.86 bits per heavy atom. The van der Waals surface area contributed by atoms with Gasteiger partial charge in [-0.05, 0) is 31.8 Å². The zero-order valence-corrected chi connectivity index (χ0v) is 9.97. The fourth-order valence-corrected chi connectivity index (χ4v) is 2.22. The molecule has 4 heteroatoms. The van der Waals surface area contributed by atoms with Gasteiger partial charge in [0, 0.05) is 12.2 Å². The second-order valence-corrected chi connectivity index (χ2v) is 4.88. The van der Waals surface area contributed by atoms with E-state index < -0.39 is 0 Å². The van der Waals surface area contributed by atoms with Crippen LogP contribution >= 0.6 is 11.8 Å². The highest BCUT2D eigenvalue weighted by Gasteiger charge is 2.08. The topological polar surface area (TPSA) is 43.8 Å². The van der Waals surface area contributed by atoms with Crippen LogP contribution in [0.25, 0.3) is 0 Å². The summed E-state index contributed by atoms with van der Waals surface area (Å²) in [7, 11) is 0.